The number of halogens is 1. The largest absolute Gasteiger partial charge is 0.503 e. The molecular weight excluding hydrogens is 482 g/mol. The summed E-state index contributed by atoms with van der Waals surface area (Å²) in [4.78, 5) is 28.6. The Kier molecular flexibility index (Phi) is 5.94. The van der Waals surface area contributed by atoms with Crippen LogP contribution in [0.15, 0.2) is 82.5 Å². The highest BCUT2D eigenvalue weighted by molar-refractivity contribution is 6.32. The van der Waals surface area contributed by atoms with Crippen LogP contribution in [0.4, 0.5) is 5.69 Å². The molecule has 3 aromatic carbocycles. The van der Waals surface area contributed by atoms with E-state index in [0.29, 0.717) is 33.7 Å². The van der Waals surface area contributed by atoms with Crippen molar-refractivity contribution in [3.05, 3.63) is 100.0 Å². The van der Waals surface area contributed by atoms with Gasteiger partial charge < -0.3 is 19.0 Å². The average molecular weight is 504 g/mol. The number of methoxy groups -OCH3 is 2. The van der Waals surface area contributed by atoms with E-state index in [2.05, 4.69) is 0 Å². The first kappa shape index (κ1) is 23.5. The molecule has 1 aliphatic heterocycles. The number of aliphatic hydroxyl groups is 1. The lowest BCUT2D eigenvalue weighted by molar-refractivity contribution is -0.117. The number of rotatable bonds is 6. The van der Waals surface area contributed by atoms with Crippen LogP contribution >= 0.6 is 11.6 Å². The van der Waals surface area contributed by atoms with E-state index in [1.165, 1.54) is 19.1 Å². The summed E-state index contributed by atoms with van der Waals surface area (Å²) in [6.45, 7) is 1.91. The Hall–Kier alpha value is -4.23. The third kappa shape index (κ3) is 3.78. The van der Waals surface area contributed by atoms with Crippen LogP contribution in [0.5, 0.6) is 11.5 Å². The number of amides is 1. The average Bonchev–Trinajstić information content (AvgIpc) is 3.43. The fraction of sp³-hybridized carbons (Fsp3) is 0.143. The maximum atomic E-state index is 13.8. The fourth-order valence-electron chi connectivity index (χ4n) is 4.51. The van der Waals surface area contributed by atoms with Crippen molar-refractivity contribution < 1.29 is 28.6 Å². The maximum Gasteiger partial charge on any atom is 0.294 e. The zero-order chi connectivity index (χ0) is 25.6. The second kappa shape index (κ2) is 9.09. The number of furan rings is 1. The molecule has 0 radical (unpaired) electrons. The number of aryl methyl sites for hydroxylation is 1. The number of nitrogens with zero attached hydrogens (tertiary/aromatic N) is 1. The molecule has 0 saturated carbocycles. The van der Waals surface area contributed by atoms with Crippen LogP contribution in [-0.2, 0) is 4.79 Å². The van der Waals surface area contributed by atoms with E-state index in [9.17, 15) is 14.7 Å². The number of hydrogen-bond donors (Lipinski definition) is 1. The van der Waals surface area contributed by atoms with Crippen LogP contribution in [0.3, 0.4) is 0 Å². The number of carbonyl (C=O) groups is 2. The number of aliphatic hydroxyl groups excluding tert-OH is 1. The Labute approximate surface area is 212 Å². The number of ketones is 1. The summed E-state index contributed by atoms with van der Waals surface area (Å²) in [5.41, 5.74) is 2.29. The molecule has 1 aliphatic rings. The third-order valence-electron chi connectivity index (χ3n) is 6.18. The van der Waals surface area contributed by atoms with Crippen LogP contribution < -0.4 is 14.4 Å². The lowest BCUT2D eigenvalue weighted by atomic mass is 9.94. The molecule has 8 heteroatoms. The van der Waals surface area contributed by atoms with Gasteiger partial charge in [-0.05, 0) is 42.8 Å². The molecule has 182 valence electrons. The second-order valence-corrected chi connectivity index (χ2v) is 8.80. The molecular formula is C28H22ClNO6. The monoisotopic (exact) mass is 503 g/mol. The number of benzene rings is 3. The summed E-state index contributed by atoms with van der Waals surface area (Å²) < 4.78 is 16.4. The van der Waals surface area contributed by atoms with Crippen molar-refractivity contribution in [3.63, 3.8) is 0 Å². The predicted molar refractivity (Wildman–Crippen MR) is 136 cm³/mol. The van der Waals surface area contributed by atoms with E-state index in [1.807, 2.05) is 25.1 Å². The van der Waals surface area contributed by atoms with E-state index < -0.39 is 23.5 Å². The van der Waals surface area contributed by atoms with Gasteiger partial charge in [0.2, 0.25) is 5.78 Å². The van der Waals surface area contributed by atoms with Gasteiger partial charge in [0.05, 0.1) is 30.9 Å². The Balaban J connectivity index is 1.67. The highest BCUT2D eigenvalue weighted by atomic mass is 35.5. The summed E-state index contributed by atoms with van der Waals surface area (Å²) in [5.74, 6) is -1.09. The highest BCUT2D eigenvalue weighted by Gasteiger charge is 2.45. The minimum atomic E-state index is -0.913. The Morgan fingerprint density at radius 1 is 1.00 bits per heavy atom. The normalized spacial score (nSPS) is 15.6. The van der Waals surface area contributed by atoms with Gasteiger partial charge in [-0.1, -0.05) is 53.6 Å². The van der Waals surface area contributed by atoms with Gasteiger partial charge in [-0.15, -0.1) is 0 Å². The number of fused-ring (bicyclic) bond motifs is 1. The number of carbonyl (C=O) groups excluding carboxylic acids is 2. The second-order valence-electron chi connectivity index (χ2n) is 8.39. The Bertz CT molecular complexity index is 1550. The van der Waals surface area contributed by atoms with E-state index in [1.54, 1.807) is 48.5 Å². The number of ether oxygens (including phenoxy) is 2. The first-order valence-corrected chi connectivity index (χ1v) is 11.5. The Morgan fingerprint density at radius 2 is 1.75 bits per heavy atom. The van der Waals surface area contributed by atoms with E-state index in [0.717, 1.165) is 5.56 Å². The molecule has 36 heavy (non-hydrogen) atoms. The third-order valence-corrected chi connectivity index (χ3v) is 6.47. The number of para-hydroxylation sites is 1. The van der Waals surface area contributed by atoms with Gasteiger partial charge in [0.15, 0.2) is 22.9 Å². The van der Waals surface area contributed by atoms with E-state index >= 15 is 0 Å². The first-order chi connectivity index (χ1) is 17.3. The predicted octanol–water partition coefficient (Wildman–Crippen LogP) is 6.19. The van der Waals surface area contributed by atoms with E-state index in [4.69, 9.17) is 25.5 Å². The van der Waals surface area contributed by atoms with Crippen LogP contribution in [0.25, 0.3) is 11.0 Å². The fourth-order valence-corrected chi connectivity index (χ4v) is 4.76. The molecule has 0 fully saturated rings. The van der Waals surface area contributed by atoms with E-state index in [-0.39, 0.29) is 16.4 Å². The van der Waals surface area contributed by atoms with Crippen molar-refractivity contribution in [2.75, 3.05) is 19.1 Å². The van der Waals surface area contributed by atoms with Gasteiger partial charge in [0.25, 0.3) is 5.91 Å². The molecule has 1 unspecified atom stereocenters. The molecule has 1 N–H and O–H groups in total. The van der Waals surface area contributed by atoms with Gasteiger partial charge in [-0.25, -0.2) is 0 Å². The van der Waals surface area contributed by atoms with Crippen LogP contribution in [0.1, 0.15) is 27.7 Å². The molecule has 0 bridgehead atoms. The van der Waals surface area contributed by atoms with Crippen molar-refractivity contribution in [3.8, 4) is 11.5 Å². The summed E-state index contributed by atoms with van der Waals surface area (Å²) in [5, 5.41) is 12.0. The van der Waals surface area contributed by atoms with Gasteiger partial charge in [0, 0.05) is 11.1 Å². The lowest BCUT2D eigenvalue weighted by Crippen LogP contribution is -2.31. The lowest BCUT2D eigenvalue weighted by Gasteiger charge is -2.27. The van der Waals surface area contributed by atoms with Crippen LogP contribution in [0, 0.1) is 6.92 Å². The van der Waals surface area contributed by atoms with Gasteiger partial charge >= 0.3 is 0 Å². The van der Waals surface area contributed by atoms with Crippen molar-refractivity contribution in [2.24, 2.45) is 0 Å². The van der Waals surface area contributed by atoms with Gasteiger partial charge in [-0.2, -0.15) is 0 Å². The minimum Gasteiger partial charge on any atom is -0.503 e. The molecule has 2 heterocycles. The molecule has 1 atom stereocenters. The topological polar surface area (TPSA) is 89.2 Å². The molecule has 7 nitrogen and oxygen atoms in total. The van der Waals surface area contributed by atoms with Crippen molar-refractivity contribution in [1.29, 1.82) is 0 Å². The standard InChI is InChI=1S/C28H22ClNO6/c1-15-6-4-7-16(12-15)24-23(25(31)22-13-17-8-5-9-21(35-3)27(17)36-22)26(32)28(33)30(24)18-10-11-20(34-2)19(29)14-18/h4-14,24,32H,1-3H3. The zero-order valence-corrected chi connectivity index (χ0v) is 20.5. The molecule has 0 saturated heterocycles. The SMILES string of the molecule is COc1ccc(N2C(=O)C(O)=C(C(=O)c3cc4cccc(OC)c4o3)C2c2cccc(C)c2)cc1Cl. The van der Waals surface area contributed by atoms with Crippen molar-refractivity contribution in [2.45, 2.75) is 13.0 Å². The number of hydrogen-bond acceptors (Lipinski definition) is 6. The summed E-state index contributed by atoms with van der Waals surface area (Å²) in [7, 11) is 3.00. The number of Topliss-reactive ketones (excluding diaryl/α,β-unsaturated/α-hetero) is 1. The Morgan fingerprint density at radius 3 is 2.44 bits per heavy atom. The molecule has 0 aliphatic carbocycles. The molecule has 4 aromatic rings. The first-order valence-electron chi connectivity index (χ1n) is 11.1. The molecule has 5 rings (SSSR count). The smallest absolute Gasteiger partial charge is 0.294 e. The van der Waals surface area contributed by atoms with Gasteiger partial charge in [0.1, 0.15) is 5.75 Å². The van der Waals surface area contributed by atoms with Crippen LogP contribution in [-0.4, -0.2) is 31.0 Å². The van der Waals surface area contributed by atoms with Crippen LogP contribution in [0.2, 0.25) is 5.02 Å². The molecule has 0 spiro atoms. The summed E-state index contributed by atoms with van der Waals surface area (Å²) in [6, 6.07) is 18.2. The zero-order valence-electron chi connectivity index (χ0n) is 19.7. The summed E-state index contributed by atoms with van der Waals surface area (Å²) in [6.07, 6.45) is 0. The highest BCUT2D eigenvalue weighted by Crippen LogP contribution is 2.44. The van der Waals surface area contributed by atoms with Crippen molar-refractivity contribution in [1.82, 2.24) is 0 Å². The number of anilines is 1. The molecule has 1 amide bonds. The molecule has 1 aromatic heterocycles. The maximum absolute atomic E-state index is 13.8. The van der Waals surface area contributed by atoms with Gasteiger partial charge in [-0.3, -0.25) is 14.5 Å². The minimum absolute atomic E-state index is 0.0175. The quantitative estimate of drug-likeness (QED) is 0.315. The van der Waals surface area contributed by atoms with Crippen molar-refractivity contribution >= 4 is 39.9 Å². The summed E-state index contributed by atoms with van der Waals surface area (Å²) >= 11 is 6.35.